The average Bonchev–Trinajstić information content (AvgIpc) is 3.18. The zero-order valence-electron chi connectivity index (χ0n) is 17.2. The van der Waals surface area contributed by atoms with E-state index in [1.165, 1.54) is 0 Å². The van der Waals surface area contributed by atoms with Crippen LogP contribution in [0.3, 0.4) is 0 Å². The Morgan fingerprint density at radius 1 is 1.24 bits per heavy atom. The highest BCUT2D eigenvalue weighted by Crippen LogP contribution is 2.31. The number of rotatable bonds is 7. The van der Waals surface area contributed by atoms with Crippen molar-refractivity contribution in [2.75, 3.05) is 20.8 Å². The van der Waals surface area contributed by atoms with Crippen molar-refractivity contribution in [1.29, 1.82) is 0 Å². The molecule has 0 bridgehead atoms. The summed E-state index contributed by atoms with van der Waals surface area (Å²) in [5, 5.41) is 17.5. The number of aliphatic imine (C=N–C) groups is 1. The lowest BCUT2D eigenvalue weighted by atomic mass is 10.2. The van der Waals surface area contributed by atoms with Gasteiger partial charge in [0.15, 0.2) is 17.3 Å². The molecule has 0 spiro atoms. The second-order valence-corrected chi connectivity index (χ2v) is 6.54. The summed E-state index contributed by atoms with van der Waals surface area (Å²) < 4.78 is 16.9. The Bertz CT molecular complexity index is 997. The maximum Gasteiger partial charge on any atom is 0.191 e. The van der Waals surface area contributed by atoms with Crippen LogP contribution < -0.4 is 20.1 Å². The summed E-state index contributed by atoms with van der Waals surface area (Å²) in [5.74, 6) is 2.98. The molecule has 7 nitrogen and oxygen atoms in total. The number of para-hydroxylation sites is 1. The molecule has 1 aromatic heterocycles. The quantitative estimate of drug-likeness (QED) is 0.413. The summed E-state index contributed by atoms with van der Waals surface area (Å²) in [7, 11) is 3.29. The third-order valence-corrected chi connectivity index (χ3v) is 4.56. The van der Waals surface area contributed by atoms with Crippen LogP contribution in [0.4, 0.5) is 0 Å². The summed E-state index contributed by atoms with van der Waals surface area (Å²) >= 11 is 0. The van der Waals surface area contributed by atoms with Gasteiger partial charge in [-0.3, -0.25) is 4.99 Å². The minimum absolute atomic E-state index is 0.123. The molecule has 3 aromatic rings. The second-order valence-electron chi connectivity index (χ2n) is 6.54. The molecule has 1 unspecified atom stereocenters. The van der Waals surface area contributed by atoms with E-state index in [1.54, 1.807) is 32.4 Å². The Kier molecular flexibility index (Phi) is 6.49. The van der Waals surface area contributed by atoms with Crippen molar-refractivity contribution in [2.45, 2.75) is 26.4 Å². The Morgan fingerprint density at radius 3 is 2.79 bits per heavy atom. The molecule has 0 aliphatic rings. The van der Waals surface area contributed by atoms with E-state index in [-0.39, 0.29) is 11.8 Å². The molecule has 0 fully saturated rings. The molecule has 7 heteroatoms. The van der Waals surface area contributed by atoms with Crippen LogP contribution in [0.2, 0.25) is 0 Å². The van der Waals surface area contributed by atoms with Gasteiger partial charge in [0.05, 0.1) is 19.8 Å². The molecule has 29 heavy (non-hydrogen) atoms. The standard InChI is InChI=1S/C22H27N3O4/c1-5-28-19-8-6-7-15-12-20(29-21(15)19)14(2)25-22(23-3)24-13-16-11-17(27-4)9-10-18(16)26/h6-12,14,26H,5,13H2,1-4H3,(H2,23,24,25). The first kappa shape index (κ1) is 20.4. The van der Waals surface area contributed by atoms with Crippen molar-refractivity contribution in [3.8, 4) is 17.2 Å². The number of hydrogen-bond donors (Lipinski definition) is 3. The smallest absolute Gasteiger partial charge is 0.191 e. The summed E-state index contributed by atoms with van der Waals surface area (Å²) in [4.78, 5) is 4.26. The van der Waals surface area contributed by atoms with Gasteiger partial charge in [0, 0.05) is 24.5 Å². The Morgan fingerprint density at radius 2 is 2.07 bits per heavy atom. The van der Waals surface area contributed by atoms with Crippen molar-refractivity contribution in [3.05, 3.63) is 53.8 Å². The van der Waals surface area contributed by atoms with Gasteiger partial charge in [-0.2, -0.15) is 0 Å². The number of hydrogen-bond acceptors (Lipinski definition) is 5. The third kappa shape index (κ3) is 4.74. The first-order valence-electron chi connectivity index (χ1n) is 9.54. The van der Waals surface area contributed by atoms with E-state index in [9.17, 15) is 5.11 Å². The van der Waals surface area contributed by atoms with Crippen molar-refractivity contribution in [1.82, 2.24) is 10.6 Å². The van der Waals surface area contributed by atoms with Crippen LogP contribution in [0, 0.1) is 0 Å². The molecule has 1 heterocycles. The largest absolute Gasteiger partial charge is 0.508 e. The van der Waals surface area contributed by atoms with Crippen LogP contribution >= 0.6 is 0 Å². The number of aromatic hydroxyl groups is 1. The topological polar surface area (TPSA) is 88.2 Å². The van der Waals surface area contributed by atoms with Crippen molar-refractivity contribution >= 4 is 16.9 Å². The van der Waals surface area contributed by atoms with E-state index in [0.29, 0.717) is 30.4 Å². The molecular weight excluding hydrogens is 370 g/mol. The molecule has 0 amide bonds. The Labute approximate surface area is 170 Å². The third-order valence-electron chi connectivity index (χ3n) is 4.56. The molecule has 1 atom stereocenters. The normalized spacial score (nSPS) is 12.6. The number of methoxy groups -OCH3 is 1. The van der Waals surface area contributed by atoms with Gasteiger partial charge in [-0.15, -0.1) is 0 Å². The lowest BCUT2D eigenvalue weighted by Gasteiger charge is -2.17. The fourth-order valence-corrected chi connectivity index (χ4v) is 3.02. The molecule has 0 saturated carbocycles. The second kappa shape index (κ2) is 9.23. The van der Waals surface area contributed by atoms with E-state index in [1.807, 2.05) is 38.1 Å². The van der Waals surface area contributed by atoms with Gasteiger partial charge in [0.1, 0.15) is 17.3 Å². The molecule has 0 saturated heterocycles. The van der Waals surface area contributed by atoms with E-state index in [4.69, 9.17) is 13.9 Å². The van der Waals surface area contributed by atoms with Gasteiger partial charge < -0.3 is 29.6 Å². The zero-order chi connectivity index (χ0) is 20.8. The maximum atomic E-state index is 10.0. The number of ether oxygens (including phenoxy) is 2. The van der Waals surface area contributed by atoms with Gasteiger partial charge >= 0.3 is 0 Å². The van der Waals surface area contributed by atoms with Crippen LogP contribution in [-0.2, 0) is 6.54 Å². The van der Waals surface area contributed by atoms with Crippen molar-refractivity contribution in [3.63, 3.8) is 0 Å². The summed E-state index contributed by atoms with van der Waals surface area (Å²) in [6, 6.07) is 12.8. The number of nitrogens with one attached hydrogen (secondary N) is 2. The maximum absolute atomic E-state index is 10.0. The van der Waals surface area contributed by atoms with Crippen LogP contribution in [0.15, 0.2) is 51.9 Å². The molecule has 2 aromatic carbocycles. The number of furan rings is 1. The highest BCUT2D eigenvalue weighted by Gasteiger charge is 2.16. The predicted octanol–water partition coefficient (Wildman–Crippen LogP) is 3.97. The zero-order valence-corrected chi connectivity index (χ0v) is 17.2. The number of phenolic OH excluding ortho intramolecular Hbond substituents is 1. The molecule has 0 radical (unpaired) electrons. The number of fused-ring (bicyclic) bond motifs is 1. The molecule has 0 aliphatic carbocycles. The van der Waals surface area contributed by atoms with Crippen molar-refractivity contribution < 1.29 is 19.0 Å². The molecule has 154 valence electrons. The van der Waals surface area contributed by atoms with E-state index in [0.717, 1.165) is 22.5 Å². The monoisotopic (exact) mass is 397 g/mol. The number of benzene rings is 2. The van der Waals surface area contributed by atoms with Crippen LogP contribution in [0.5, 0.6) is 17.2 Å². The van der Waals surface area contributed by atoms with Gasteiger partial charge in [-0.25, -0.2) is 0 Å². The van der Waals surface area contributed by atoms with Gasteiger partial charge in [0.25, 0.3) is 0 Å². The fraction of sp³-hybridized carbons (Fsp3) is 0.318. The highest BCUT2D eigenvalue weighted by molar-refractivity contribution is 5.84. The highest BCUT2D eigenvalue weighted by atomic mass is 16.5. The van der Waals surface area contributed by atoms with Crippen molar-refractivity contribution in [2.24, 2.45) is 4.99 Å². The van der Waals surface area contributed by atoms with Crippen LogP contribution in [-0.4, -0.2) is 31.8 Å². The van der Waals surface area contributed by atoms with Gasteiger partial charge in [0.2, 0.25) is 0 Å². The number of guanidine groups is 1. The van der Waals surface area contributed by atoms with Crippen LogP contribution in [0.1, 0.15) is 31.2 Å². The Balaban J connectivity index is 1.69. The van der Waals surface area contributed by atoms with E-state index >= 15 is 0 Å². The summed E-state index contributed by atoms with van der Waals surface area (Å²) in [5.41, 5.74) is 1.45. The minimum atomic E-state index is -0.123. The number of nitrogens with zero attached hydrogens (tertiary/aromatic N) is 1. The lowest BCUT2D eigenvalue weighted by molar-refractivity contribution is 0.336. The summed E-state index contributed by atoms with van der Waals surface area (Å²) in [6.45, 7) is 4.91. The number of phenols is 1. The average molecular weight is 397 g/mol. The molecular formula is C22H27N3O4. The molecule has 0 aliphatic heterocycles. The minimum Gasteiger partial charge on any atom is -0.508 e. The van der Waals surface area contributed by atoms with E-state index in [2.05, 4.69) is 15.6 Å². The Hall–Kier alpha value is -3.35. The van der Waals surface area contributed by atoms with Crippen LogP contribution in [0.25, 0.3) is 11.0 Å². The van der Waals surface area contributed by atoms with Gasteiger partial charge in [-0.05, 0) is 44.2 Å². The van der Waals surface area contributed by atoms with E-state index < -0.39 is 0 Å². The first-order valence-corrected chi connectivity index (χ1v) is 9.54. The lowest BCUT2D eigenvalue weighted by Crippen LogP contribution is -2.38. The summed E-state index contributed by atoms with van der Waals surface area (Å²) in [6.07, 6.45) is 0. The first-order chi connectivity index (χ1) is 14.0. The fourth-order valence-electron chi connectivity index (χ4n) is 3.02. The SMILES string of the molecule is CCOc1cccc2cc(C(C)NC(=NC)NCc3cc(OC)ccc3O)oc12. The van der Waals surface area contributed by atoms with Gasteiger partial charge in [-0.1, -0.05) is 12.1 Å². The molecule has 3 rings (SSSR count). The predicted molar refractivity (Wildman–Crippen MR) is 114 cm³/mol. The molecule has 3 N–H and O–H groups in total.